The molecule has 108 valence electrons. The van der Waals surface area contributed by atoms with Crippen LogP contribution in [0.25, 0.3) is 0 Å². The minimum absolute atomic E-state index is 0.279. The van der Waals surface area contributed by atoms with Crippen molar-refractivity contribution in [2.24, 2.45) is 5.73 Å². The van der Waals surface area contributed by atoms with E-state index in [0.717, 1.165) is 13.1 Å². The van der Waals surface area contributed by atoms with Crippen molar-refractivity contribution in [2.75, 3.05) is 20.1 Å². The highest BCUT2D eigenvalue weighted by Gasteiger charge is 2.38. The zero-order valence-corrected chi connectivity index (χ0v) is 12.8. The van der Waals surface area contributed by atoms with Crippen LogP contribution >= 0.6 is 23.8 Å². The Bertz CT molecular complexity index is 512. The highest BCUT2D eigenvalue weighted by atomic mass is 35.5. The van der Waals surface area contributed by atoms with Gasteiger partial charge in [0, 0.05) is 19.3 Å². The van der Waals surface area contributed by atoms with Crippen LogP contribution < -0.4 is 11.1 Å². The Kier molecular flexibility index (Phi) is 4.57. The van der Waals surface area contributed by atoms with E-state index in [-0.39, 0.29) is 5.91 Å². The molecule has 0 bridgehead atoms. The van der Waals surface area contributed by atoms with Crippen molar-refractivity contribution >= 4 is 34.7 Å². The average molecular weight is 313 g/mol. The van der Waals surface area contributed by atoms with E-state index in [1.807, 2.05) is 7.05 Å². The van der Waals surface area contributed by atoms with Gasteiger partial charge in [-0.1, -0.05) is 23.8 Å². The van der Waals surface area contributed by atoms with Crippen LogP contribution in [0.15, 0.2) is 18.3 Å². The number of nitrogens with zero attached hydrogens (tertiary/aromatic N) is 2. The van der Waals surface area contributed by atoms with E-state index >= 15 is 0 Å². The summed E-state index contributed by atoms with van der Waals surface area (Å²) in [5.74, 6) is -0.279. The van der Waals surface area contributed by atoms with Crippen molar-refractivity contribution in [1.82, 2.24) is 15.2 Å². The third-order valence-electron chi connectivity index (χ3n) is 3.63. The first-order valence-electron chi connectivity index (χ1n) is 6.35. The zero-order chi connectivity index (χ0) is 14.8. The molecule has 0 spiro atoms. The van der Waals surface area contributed by atoms with Gasteiger partial charge in [-0.3, -0.25) is 4.79 Å². The van der Waals surface area contributed by atoms with E-state index in [9.17, 15) is 4.79 Å². The average Bonchev–Trinajstić information content (AvgIpc) is 2.42. The van der Waals surface area contributed by atoms with Gasteiger partial charge in [-0.2, -0.15) is 0 Å². The summed E-state index contributed by atoms with van der Waals surface area (Å²) in [4.78, 5) is 18.8. The number of aromatic nitrogens is 1. The third kappa shape index (κ3) is 3.26. The Morgan fingerprint density at radius 1 is 1.50 bits per heavy atom. The molecule has 0 saturated carbocycles. The molecule has 0 aromatic carbocycles. The normalized spacial score (nSPS) is 18.5. The number of thiocarbonyl (C=S) groups is 1. The summed E-state index contributed by atoms with van der Waals surface area (Å²) < 4.78 is 0. The van der Waals surface area contributed by atoms with Gasteiger partial charge in [0.25, 0.3) is 5.91 Å². The SMILES string of the molecule is CN1CCC(NC(=O)c2ccc(Cl)cn2)(C(N)=S)CC1. The van der Waals surface area contributed by atoms with Gasteiger partial charge in [-0.05, 0) is 32.0 Å². The molecule has 1 saturated heterocycles. The molecule has 1 fully saturated rings. The fourth-order valence-electron chi connectivity index (χ4n) is 2.22. The van der Waals surface area contributed by atoms with E-state index in [2.05, 4.69) is 15.2 Å². The molecule has 3 N–H and O–H groups in total. The Morgan fingerprint density at radius 3 is 2.65 bits per heavy atom. The monoisotopic (exact) mass is 312 g/mol. The van der Waals surface area contributed by atoms with Crippen molar-refractivity contribution in [3.8, 4) is 0 Å². The molecule has 0 atom stereocenters. The lowest BCUT2D eigenvalue weighted by Gasteiger charge is -2.40. The number of pyridine rings is 1. The Labute approximate surface area is 128 Å². The Hall–Kier alpha value is -1.24. The molecule has 0 aliphatic carbocycles. The van der Waals surface area contributed by atoms with E-state index < -0.39 is 5.54 Å². The number of piperidine rings is 1. The number of carbonyl (C=O) groups excluding carboxylic acids is 1. The number of amides is 1. The second-order valence-electron chi connectivity index (χ2n) is 5.07. The topological polar surface area (TPSA) is 71.2 Å². The predicted molar refractivity (Wildman–Crippen MR) is 83.0 cm³/mol. The van der Waals surface area contributed by atoms with Gasteiger partial charge in [-0.25, -0.2) is 4.98 Å². The smallest absolute Gasteiger partial charge is 0.270 e. The molecule has 7 heteroatoms. The first-order chi connectivity index (χ1) is 9.43. The molecule has 2 rings (SSSR count). The molecule has 1 aliphatic rings. The maximum atomic E-state index is 12.3. The number of rotatable bonds is 3. The van der Waals surface area contributed by atoms with Crippen molar-refractivity contribution in [3.05, 3.63) is 29.0 Å². The van der Waals surface area contributed by atoms with Crippen molar-refractivity contribution in [3.63, 3.8) is 0 Å². The summed E-state index contributed by atoms with van der Waals surface area (Å²) in [5, 5.41) is 3.44. The molecule has 1 amide bonds. The summed E-state index contributed by atoms with van der Waals surface area (Å²) in [6.07, 6.45) is 2.86. The summed E-state index contributed by atoms with van der Waals surface area (Å²) in [6.45, 7) is 1.68. The Balaban J connectivity index is 2.14. The lowest BCUT2D eigenvalue weighted by molar-refractivity contribution is 0.0885. The number of nitrogens with two attached hydrogens (primary N) is 1. The minimum atomic E-state index is -0.625. The van der Waals surface area contributed by atoms with Gasteiger partial charge >= 0.3 is 0 Å². The van der Waals surface area contributed by atoms with Crippen LogP contribution in [0.1, 0.15) is 23.3 Å². The van der Waals surface area contributed by atoms with Gasteiger partial charge in [-0.15, -0.1) is 0 Å². The van der Waals surface area contributed by atoms with Crippen LogP contribution in [0.3, 0.4) is 0 Å². The summed E-state index contributed by atoms with van der Waals surface area (Å²) in [5.41, 5.74) is 5.54. The molecule has 0 radical (unpaired) electrons. The number of hydrogen-bond donors (Lipinski definition) is 2. The number of nitrogens with one attached hydrogen (secondary N) is 1. The highest BCUT2D eigenvalue weighted by molar-refractivity contribution is 7.80. The lowest BCUT2D eigenvalue weighted by Crippen LogP contribution is -2.61. The quantitative estimate of drug-likeness (QED) is 0.821. The fraction of sp³-hybridized carbons (Fsp3) is 0.462. The molecule has 2 heterocycles. The molecule has 5 nitrogen and oxygen atoms in total. The van der Waals surface area contributed by atoms with E-state index in [1.54, 1.807) is 12.1 Å². The number of carbonyl (C=O) groups is 1. The summed E-state index contributed by atoms with van der Waals surface area (Å²) >= 11 is 10.9. The maximum absolute atomic E-state index is 12.3. The fourth-order valence-corrected chi connectivity index (χ4v) is 2.59. The summed E-state index contributed by atoms with van der Waals surface area (Å²) in [6, 6.07) is 3.21. The third-order valence-corrected chi connectivity index (χ3v) is 4.24. The van der Waals surface area contributed by atoms with Gasteiger partial charge in [0.2, 0.25) is 0 Å². The van der Waals surface area contributed by atoms with Gasteiger partial charge in [0.15, 0.2) is 0 Å². The first-order valence-corrected chi connectivity index (χ1v) is 7.14. The second kappa shape index (κ2) is 6.03. The van der Waals surface area contributed by atoms with Crippen LogP contribution in [-0.2, 0) is 0 Å². The Morgan fingerprint density at radius 2 is 2.15 bits per heavy atom. The molecule has 1 aromatic rings. The lowest BCUT2D eigenvalue weighted by atomic mass is 9.87. The number of likely N-dealkylation sites (tertiary alicyclic amines) is 1. The molecular weight excluding hydrogens is 296 g/mol. The van der Waals surface area contributed by atoms with E-state index in [1.165, 1.54) is 6.20 Å². The first kappa shape index (κ1) is 15.2. The van der Waals surface area contributed by atoms with Gasteiger partial charge in [0.1, 0.15) is 5.69 Å². The van der Waals surface area contributed by atoms with Crippen molar-refractivity contribution in [1.29, 1.82) is 0 Å². The van der Waals surface area contributed by atoms with Crippen LogP contribution in [0.2, 0.25) is 5.02 Å². The predicted octanol–water partition coefficient (Wildman–Crippen LogP) is 1.22. The highest BCUT2D eigenvalue weighted by Crippen LogP contribution is 2.22. The van der Waals surface area contributed by atoms with Crippen LogP contribution in [0.5, 0.6) is 0 Å². The van der Waals surface area contributed by atoms with Crippen molar-refractivity contribution < 1.29 is 4.79 Å². The second-order valence-corrected chi connectivity index (χ2v) is 5.94. The number of halogens is 1. The van der Waals surface area contributed by atoms with Gasteiger partial charge < -0.3 is 16.0 Å². The summed E-state index contributed by atoms with van der Waals surface area (Å²) in [7, 11) is 2.03. The molecule has 1 aromatic heterocycles. The molecule has 20 heavy (non-hydrogen) atoms. The molecule has 1 aliphatic heterocycles. The largest absolute Gasteiger partial charge is 0.391 e. The maximum Gasteiger partial charge on any atom is 0.270 e. The van der Waals surface area contributed by atoms with E-state index in [0.29, 0.717) is 28.5 Å². The van der Waals surface area contributed by atoms with Crippen LogP contribution in [0, 0.1) is 0 Å². The standard InChI is InChI=1S/C13H17ClN4OS/c1-18-6-4-13(5-7-18,12(15)20)17-11(19)10-3-2-9(14)8-16-10/h2-3,8H,4-7H2,1H3,(H2,15,20)(H,17,19). The van der Waals surface area contributed by atoms with E-state index in [4.69, 9.17) is 29.6 Å². The number of hydrogen-bond acceptors (Lipinski definition) is 4. The minimum Gasteiger partial charge on any atom is -0.391 e. The zero-order valence-electron chi connectivity index (χ0n) is 11.2. The van der Waals surface area contributed by atoms with Crippen molar-refractivity contribution in [2.45, 2.75) is 18.4 Å². The molecule has 0 unspecified atom stereocenters. The molecular formula is C13H17ClN4OS. The van der Waals surface area contributed by atoms with Crippen LogP contribution in [0.4, 0.5) is 0 Å². The van der Waals surface area contributed by atoms with Crippen LogP contribution in [-0.4, -0.2) is 46.5 Å². The van der Waals surface area contributed by atoms with Gasteiger partial charge in [0.05, 0.1) is 15.6 Å².